The van der Waals surface area contributed by atoms with Crippen molar-refractivity contribution < 1.29 is 23.1 Å². The molecule has 0 bridgehead atoms. The number of aliphatic hydroxyl groups excluding tert-OH is 1. The van der Waals surface area contributed by atoms with E-state index in [9.17, 15) is 23.1 Å². The molecule has 0 unspecified atom stereocenters. The largest absolute Gasteiger partial charge is 0.416 e. The van der Waals surface area contributed by atoms with E-state index in [1.54, 1.807) is 6.33 Å². The van der Waals surface area contributed by atoms with Crippen molar-refractivity contribution in [3.8, 4) is 0 Å². The van der Waals surface area contributed by atoms with Crippen molar-refractivity contribution in [3.05, 3.63) is 70.3 Å². The Morgan fingerprint density at radius 3 is 2.39 bits per heavy atom. The van der Waals surface area contributed by atoms with E-state index < -0.39 is 24.3 Å². The molecule has 3 aliphatic rings. The van der Waals surface area contributed by atoms with Crippen molar-refractivity contribution in [1.29, 1.82) is 0 Å². The van der Waals surface area contributed by atoms with Gasteiger partial charge >= 0.3 is 6.18 Å². The molecular formula is C28H30F3N5O2. The molecule has 1 N–H and O–H groups in total. The summed E-state index contributed by atoms with van der Waals surface area (Å²) in [5, 5.41) is 18.1. The van der Waals surface area contributed by atoms with Gasteiger partial charge in [0.25, 0.3) is 5.91 Å². The number of rotatable bonds is 5. The number of carbonyl (C=O) groups is 1. The average molecular weight is 526 g/mol. The number of amides is 1. The number of fused-ring (bicyclic) bond motifs is 1. The number of nitrogens with zero attached hydrogens (tertiary/aromatic N) is 5. The van der Waals surface area contributed by atoms with Crippen molar-refractivity contribution in [2.24, 2.45) is 13.0 Å². The Morgan fingerprint density at radius 1 is 1.08 bits per heavy atom. The molecule has 2 aliphatic heterocycles. The number of aryl methyl sites for hydroxylation is 1. The maximum absolute atomic E-state index is 14.0. The number of benzene rings is 2. The predicted molar refractivity (Wildman–Crippen MR) is 136 cm³/mol. The van der Waals surface area contributed by atoms with Gasteiger partial charge in [-0.25, -0.2) is 0 Å². The smallest absolute Gasteiger partial charge is 0.392 e. The van der Waals surface area contributed by atoms with Gasteiger partial charge in [-0.3, -0.25) is 4.79 Å². The van der Waals surface area contributed by atoms with E-state index in [2.05, 4.69) is 28.1 Å². The number of aromatic nitrogens is 3. The zero-order chi connectivity index (χ0) is 26.8. The average Bonchev–Trinajstić information content (AvgIpc) is 3.62. The second kappa shape index (κ2) is 8.83. The molecular weight excluding hydrogens is 495 g/mol. The third kappa shape index (κ3) is 3.88. The van der Waals surface area contributed by atoms with Crippen LogP contribution in [0.15, 0.2) is 36.7 Å². The fourth-order valence-corrected chi connectivity index (χ4v) is 6.60. The summed E-state index contributed by atoms with van der Waals surface area (Å²) >= 11 is 0. The molecule has 2 fully saturated rings. The standard InChI is InChI=1S/C28H30F3N5O2/c1-17-12-27(13-17,26-33-32-16-34(26)2)19-9-20(35-5-3-4-6-35)11-21(10-19)36-14-23-22(25(36)38)7-18(15-37)8-24(23)28(29,30)31/h7-11,16-17,37H,3-6,12-15H2,1-2H3. The Hall–Kier alpha value is -3.40. The van der Waals surface area contributed by atoms with Gasteiger partial charge in [-0.15, -0.1) is 10.2 Å². The summed E-state index contributed by atoms with van der Waals surface area (Å²) < 4.78 is 43.8. The van der Waals surface area contributed by atoms with Gasteiger partial charge in [-0.05, 0) is 78.6 Å². The minimum absolute atomic E-state index is 0.00252. The lowest BCUT2D eigenvalue weighted by Crippen LogP contribution is -2.43. The first kappa shape index (κ1) is 24.9. The van der Waals surface area contributed by atoms with Crippen LogP contribution < -0.4 is 9.80 Å². The molecule has 0 radical (unpaired) electrons. The van der Waals surface area contributed by atoms with Crippen LogP contribution in [0.2, 0.25) is 0 Å². The van der Waals surface area contributed by atoms with E-state index in [1.165, 1.54) is 11.0 Å². The predicted octanol–water partition coefficient (Wildman–Crippen LogP) is 4.80. The van der Waals surface area contributed by atoms with Crippen LogP contribution in [-0.4, -0.2) is 38.9 Å². The first-order valence-electron chi connectivity index (χ1n) is 13.0. The molecule has 3 heterocycles. The minimum atomic E-state index is -4.63. The highest BCUT2D eigenvalue weighted by Gasteiger charge is 2.49. The second-order valence-corrected chi connectivity index (χ2v) is 11.0. The zero-order valence-corrected chi connectivity index (χ0v) is 21.4. The van der Waals surface area contributed by atoms with Crippen molar-refractivity contribution in [2.75, 3.05) is 22.9 Å². The molecule has 2 aromatic carbocycles. The van der Waals surface area contributed by atoms with Crippen molar-refractivity contribution >= 4 is 17.3 Å². The van der Waals surface area contributed by atoms with Gasteiger partial charge in [0.15, 0.2) is 0 Å². The zero-order valence-electron chi connectivity index (χ0n) is 21.4. The van der Waals surface area contributed by atoms with Crippen molar-refractivity contribution in [3.63, 3.8) is 0 Å². The molecule has 1 saturated carbocycles. The van der Waals surface area contributed by atoms with E-state index in [1.807, 2.05) is 23.7 Å². The number of aliphatic hydroxyl groups is 1. The second-order valence-electron chi connectivity index (χ2n) is 11.0. The third-order valence-electron chi connectivity index (χ3n) is 8.36. The maximum Gasteiger partial charge on any atom is 0.416 e. The van der Waals surface area contributed by atoms with E-state index in [0.29, 0.717) is 11.6 Å². The normalized spacial score (nSPS) is 23.2. The van der Waals surface area contributed by atoms with Crippen LogP contribution >= 0.6 is 0 Å². The van der Waals surface area contributed by atoms with Gasteiger partial charge in [0.1, 0.15) is 12.2 Å². The monoisotopic (exact) mass is 525 g/mol. The maximum atomic E-state index is 14.0. The highest BCUT2D eigenvalue weighted by Crippen LogP contribution is 2.53. The minimum Gasteiger partial charge on any atom is -0.392 e. The van der Waals surface area contributed by atoms with Gasteiger partial charge < -0.3 is 19.5 Å². The first-order valence-corrected chi connectivity index (χ1v) is 13.0. The topological polar surface area (TPSA) is 74.5 Å². The SMILES string of the molecule is CC1CC(c2cc(N3CCCC3)cc(N3Cc4c(cc(CO)cc4C(F)(F)F)C3=O)c2)(c2nncn2C)C1. The molecule has 7 nitrogen and oxygen atoms in total. The highest BCUT2D eigenvalue weighted by atomic mass is 19.4. The Kier molecular flexibility index (Phi) is 5.79. The van der Waals surface area contributed by atoms with Crippen LogP contribution in [0.1, 0.15) is 71.0 Å². The highest BCUT2D eigenvalue weighted by molar-refractivity contribution is 6.10. The first-order chi connectivity index (χ1) is 18.1. The van der Waals surface area contributed by atoms with E-state index in [-0.39, 0.29) is 28.7 Å². The van der Waals surface area contributed by atoms with Gasteiger partial charge in [0, 0.05) is 37.1 Å². The van der Waals surface area contributed by atoms with Gasteiger partial charge in [-0.2, -0.15) is 13.2 Å². The molecule has 1 amide bonds. The third-order valence-corrected chi connectivity index (χ3v) is 8.36. The molecule has 38 heavy (non-hydrogen) atoms. The van der Waals surface area contributed by atoms with Gasteiger partial charge in [0.05, 0.1) is 24.1 Å². The summed E-state index contributed by atoms with van der Waals surface area (Å²) in [6.07, 6.45) is 0.925. The summed E-state index contributed by atoms with van der Waals surface area (Å²) in [5.74, 6) is 0.845. The fourth-order valence-electron chi connectivity index (χ4n) is 6.60. The molecule has 6 rings (SSSR count). The van der Waals surface area contributed by atoms with Crippen LogP contribution in [-0.2, 0) is 31.8 Å². The summed E-state index contributed by atoms with van der Waals surface area (Å²) in [7, 11) is 1.92. The number of alkyl halides is 3. The lowest BCUT2D eigenvalue weighted by atomic mass is 9.58. The van der Waals surface area contributed by atoms with Gasteiger partial charge in [-0.1, -0.05) is 6.92 Å². The Balaban J connectivity index is 1.48. The fraction of sp³-hybridized carbons (Fsp3) is 0.464. The molecule has 200 valence electrons. The van der Waals surface area contributed by atoms with Crippen LogP contribution in [0.5, 0.6) is 0 Å². The number of hydrogen-bond donors (Lipinski definition) is 1. The van der Waals surface area contributed by atoms with E-state index in [4.69, 9.17) is 0 Å². The Labute approximate surface area is 218 Å². The quantitative estimate of drug-likeness (QED) is 0.518. The van der Waals surface area contributed by atoms with Crippen LogP contribution in [0.4, 0.5) is 24.5 Å². The molecule has 1 aromatic heterocycles. The van der Waals surface area contributed by atoms with E-state index >= 15 is 0 Å². The molecule has 0 atom stereocenters. The molecule has 10 heteroatoms. The number of halogens is 3. The summed E-state index contributed by atoms with van der Waals surface area (Å²) in [6, 6.07) is 8.36. The summed E-state index contributed by atoms with van der Waals surface area (Å²) in [5.41, 5.74) is 1.31. The molecule has 0 spiro atoms. The lowest BCUT2D eigenvalue weighted by Gasteiger charge is -2.46. The van der Waals surface area contributed by atoms with Crippen molar-refractivity contribution in [1.82, 2.24) is 14.8 Å². The molecule has 3 aromatic rings. The van der Waals surface area contributed by atoms with E-state index in [0.717, 1.165) is 61.9 Å². The number of anilines is 2. The molecule has 1 aliphatic carbocycles. The van der Waals surface area contributed by atoms with Crippen LogP contribution in [0.3, 0.4) is 0 Å². The van der Waals surface area contributed by atoms with Crippen LogP contribution in [0.25, 0.3) is 0 Å². The van der Waals surface area contributed by atoms with Gasteiger partial charge in [0.2, 0.25) is 0 Å². The Morgan fingerprint density at radius 2 is 1.79 bits per heavy atom. The Bertz CT molecular complexity index is 1400. The number of carbonyl (C=O) groups excluding carboxylic acids is 1. The summed E-state index contributed by atoms with van der Waals surface area (Å²) in [6.45, 7) is 3.23. The summed E-state index contributed by atoms with van der Waals surface area (Å²) in [4.78, 5) is 17.3. The van der Waals surface area contributed by atoms with Crippen LogP contribution in [0, 0.1) is 5.92 Å². The lowest BCUT2D eigenvalue weighted by molar-refractivity contribution is -0.138. The number of hydrogen-bond acceptors (Lipinski definition) is 5. The molecule has 1 saturated heterocycles. The van der Waals surface area contributed by atoms with Crippen molar-refractivity contribution in [2.45, 2.75) is 57.3 Å².